The summed E-state index contributed by atoms with van der Waals surface area (Å²) in [6.45, 7) is 6.17. The molecule has 1 heterocycles. The molecule has 2 aliphatic rings. The summed E-state index contributed by atoms with van der Waals surface area (Å²) in [4.78, 5) is 0. The lowest BCUT2D eigenvalue weighted by molar-refractivity contribution is -0.173. The van der Waals surface area contributed by atoms with Gasteiger partial charge in [-0.3, -0.25) is 0 Å². The average molecular weight is 183 g/mol. The van der Waals surface area contributed by atoms with Gasteiger partial charge in [-0.2, -0.15) is 0 Å². The lowest BCUT2D eigenvalue weighted by Crippen LogP contribution is -2.55. The lowest BCUT2D eigenvalue weighted by Gasteiger charge is -2.53. The molecule has 13 heavy (non-hydrogen) atoms. The fourth-order valence-electron chi connectivity index (χ4n) is 2.77. The summed E-state index contributed by atoms with van der Waals surface area (Å²) in [6.07, 6.45) is 5.35. The summed E-state index contributed by atoms with van der Waals surface area (Å²) in [5, 5.41) is 0. The van der Waals surface area contributed by atoms with E-state index in [0.29, 0.717) is 5.41 Å². The van der Waals surface area contributed by atoms with E-state index < -0.39 is 0 Å². The fourth-order valence-corrected chi connectivity index (χ4v) is 2.77. The summed E-state index contributed by atoms with van der Waals surface area (Å²) >= 11 is 0. The molecular formula is C11H21NO. The Morgan fingerprint density at radius 2 is 2.00 bits per heavy atom. The van der Waals surface area contributed by atoms with E-state index in [1.54, 1.807) is 0 Å². The molecule has 1 aliphatic carbocycles. The van der Waals surface area contributed by atoms with Crippen LogP contribution in [0.2, 0.25) is 0 Å². The summed E-state index contributed by atoms with van der Waals surface area (Å²) in [5.41, 5.74) is 6.52. The van der Waals surface area contributed by atoms with Crippen molar-refractivity contribution in [2.24, 2.45) is 17.1 Å². The molecule has 0 aromatic carbocycles. The lowest BCUT2D eigenvalue weighted by atomic mass is 9.60. The summed E-state index contributed by atoms with van der Waals surface area (Å²) in [6, 6.07) is 0. The zero-order valence-corrected chi connectivity index (χ0v) is 8.81. The van der Waals surface area contributed by atoms with Gasteiger partial charge in [0.25, 0.3) is 0 Å². The number of hydrogen-bond donors (Lipinski definition) is 1. The van der Waals surface area contributed by atoms with Crippen LogP contribution >= 0.6 is 0 Å². The van der Waals surface area contributed by atoms with Crippen LogP contribution in [-0.2, 0) is 4.74 Å². The third-order valence-corrected chi connectivity index (χ3v) is 3.56. The van der Waals surface area contributed by atoms with E-state index in [2.05, 4.69) is 13.8 Å². The van der Waals surface area contributed by atoms with Crippen molar-refractivity contribution in [2.45, 2.75) is 45.1 Å². The average Bonchev–Trinajstić information content (AvgIpc) is 1.74. The molecule has 0 atom stereocenters. The second-order valence-electron chi connectivity index (χ2n) is 5.65. The van der Waals surface area contributed by atoms with Crippen LogP contribution in [0.3, 0.4) is 0 Å². The molecule has 1 saturated heterocycles. The Hall–Kier alpha value is -0.0800. The minimum Gasteiger partial charge on any atom is -0.380 e. The highest BCUT2D eigenvalue weighted by molar-refractivity contribution is 4.99. The van der Waals surface area contributed by atoms with E-state index in [0.717, 1.165) is 25.6 Å². The van der Waals surface area contributed by atoms with E-state index in [-0.39, 0.29) is 5.54 Å². The quantitative estimate of drug-likeness (QED) is 0.725. The maximum Gasteiger partial charge on any atom is 0.0548 e. The minimum absolute atomic E-state index is 0.0284. The fraction of sp³-hybridized carbons (Fsp3) is 1.00. The molecule has 1 aliphatic heterocycles. The van der Waals surface area contributed by atoms with Crippen LogP contribution in [0.1, 0.15) is 39.5 Å². The Morgan fingerprint density at radius 3 is 2.23 bits per heavy atom. The van der Waals surface area contributed by atoms with Gasteiger partial charge in [-0.1, -0.05) is 6.42 Å². The van der Waals surface area contributed by atoms with E-state index in [1.807, 2.05) is 0 Å². The van der Waals surface area contributed by atoms with E-state index in [9.17, 15) is 0 Å². The van der Waals surface area contributed by atoms with Crippen LogP contribution in [0.15, 0.2) is 0 Å². The van der Waals surface area contributed by atoms with Crippen molar-refractivity contribution < 1.29 is 4.74 Å². The van der Waals surface area contributed by atoms with Gasteiger partial charge in [0.2, 0.25) is 0 Å². The molecule has 0 radical (unpaired) electrons. The number of nitrogens with two attached hydrogens (primary N) is 1. The first kappa shape index (κ1) is 9.47. The predicted octanol–water partition coefficient (Wildman–Crippen LogP) is 1.93. The molecule has 0 unspecified atom stereocenters. The van der Waals surface area contributed by atoms with E-state index in [1.165, 1.54) is 19.3 Å². The molecule has 2 nitrogen and oxygen atoms in total. The first-order valence-corrected chi connectivity index (χ1v) is 5.39. The molecule has 76 valence electrons. The van der Waals surface area contributed by atoms with Crippen molar-refractivity contribution in [1.82, 2.24) is 0 Å². The molecule has 2 heteroatoms. The number of rotatable bonds is 3. The summed E-state index contributed by atoms with van der Waals surface area (Å²) in [5.74, 6) is 0.907. The van der Waals surface area contributed by atoms with Gasteiger partial charge in [-0.25, -0.2) is 0 Å². The van der Waals surface area contributed by atoms with Crippen LogP contribution in [0.25, 0.3) is 0 Å². The third-order valence-electron chi connectivity index (χ3n) is 3.56. The first-order chi connectivity index (χ1) is 6.02. The van der Waals surface area contributed by atoms with Crippen LogP contribution in [-0.4, -0.2) is 18.8 Å². The predicted molar refractivity (Wildman–Crippen MR) is 53.5 cm³/mol. The summed E-state index contributed by atoms with van der Waals surface area (Å²) < 4.78 is 5.39. The van der Waals surface area contributed by atoms with Gasteiger partial charge < -0.3 is 10.5 Å². The Morgan fingerprint density at radius 1 is 1.38 bits per heavy atom. The van der Waals surface area contributed by atoms with Crippen LogP contribution < -0.4 is 5.73 Å². The van der Waals surface area contributed by atoms with Gasteiger partial charge in [0.15, 0.2) is 0 Å². The Labute approximate surface area is 80.8 Å². The van der Waals surface area contributed by atoms with Crippen molar-refractivity contribution >= 4 is 0 Å². The molecule has 0 amide bonds. The van der Waals surface area contributed by atoms with E-state index in [4.69, 9.17) is 10.5 Å². The van der Waals surface area contributed by atoms with Crippen LogP contribution in [0.5, 0.6) is 0 Å². The van der Waals surface area contributed by atoms with Crippen LogP contribution in [0, 0.1) is 11.3 Å². The maximum atomic E-state index is 6.09. The summed E-state index contributed by atoms with van der Waals surface area (Å²) in [7, 11) is 0. The van der Waals surface area contributed by atoms with Crippen molar-refractivity contribution in [2.75, 3.05) is 13.2 Å². The highest BCUT2D eigenvalue weighted by atomic mass is 16.5. The zero-order valence-electron chi connectivity index (χ0n) is 8.81. The third kappa shape index (κ3) is 1.75. The Balaban J connectivity index is 1.98. The van der Waals surface area contributed by atoms with Crippen LogP contribution in [0.4, 0.5) is 0 Å². The molecule has 1 saturated carbocycles. The normalized spacial score (nSPS) is 27.9. The Kier molecular flexibility index (Phi) is 2.16. The molecule has 2 fully saturated rings. The van der Waals surface area contributed by atoms with Crippen molar-refractivity contribution in [3.8, 4) is 0 Å². The smallest absolute Gasteiger partial charge is 0.0548 e. The second-order valence-corrected chi connectivity index (χ2v) is 5.65. The van der Waals surface area contributed by atoms with Crippen molar-refractivity contribution in [1.29, 1.82) is 0 Å². The highest BCUT2D eigenvalue weighted by Crippen LogP contribution is 2.50. The topological polar surface area (TPSA) is 35.2 Å². The standard InChI is InChI=1S/C11H21NO/c1-10(2,12)6-11(7-13-8-11)9-4-3-5-9/h9H,3-8,12H2,1-2H3. The minimum atomic E-state index is -0.0284. The van der Waals surface area contributed by atoms with Crippen molar-refractivity contribution in [3.63, 3.8) is 0 Å². The van der Waals surface area contributed by atoms with Gasteiger partial charge in [-0.15, -0.1) is 0 Å². The molecule has 0 aromatic rings. The second kappa shape index (κ2) is 2.96. The van der Waals surface area contributed by atoms with E-state index >= 15 is 0 Å². The number of ether oxygens (including phenoxy) is 1. The van der Waals surface area contributed by atoms with Gasteiger partial charge in [0.05, 0.1) is 13.2 Å². The van der Waals surface area contributed by atoms with Gasteiger partial charge in [0, 0.05) is 11.0 Å². The monoisotopic (exact) mass is 183 g/mol. The SMILES string of the molecule is CC(C)(N)CC1(C2CCC2)COC1. The highest BCUT2D eigenvalue weighted by Gasteiger charge is 2.49. The maximum absolute atomic E-state index is 6.09. The largest absolute Gasteiger partial charge is 0.380 e. The first-order valence-electron chi connectivity index (χ1n) is 5.39. The molecule has 0 spiro atoms. The van der Waals surface area contributed by atoms with Gasteiger partial charge in [-0.05, 0) is 39.0 Å². The molecular weight excluding hydrogens is 162 g/mol. The van der Waals surface area contributed by atoms with Gasteiger partial charge >= 0.3 is 0 Å². The molecule has 2 rings (SSSR count). The van der Waals surface area contributed by atoms with Crippen molar-refractivity contribution in [3.05, 3.63) is 0 Å². The molecule has 2 N–H and O–H groups in total. The van der Waals surface area contributed by atoms with Gasteiger partial charge in [0.1, 0.15) is 0 Å². The molecule has 0 bridgehead atoms. The molecule has 0 aromatic heterocycles. The Bertz CT molecular complexity index is 187. The number of hydrogen-bond acceptors (Lipinski definition) is 2. The zero-order chi connectivity index (χ0) is 9.53.